The smallest absolute Gasteiger partial charge is 0.338 e. The molecular weight excluding hydrogens is 468 g/mol. The summed E-state index contributed by atoms with van der Waals surface area (Å²) in [6.07, 6.45) is -1.58. The molecule has 0 aliphatic carbocycles. The lowest BCUT2D eigenvalue weighted by atomic mass is 9.93. The fourth-order valence-corrected chi connectivity index (χ4v) is 4.38. The Hall–Kier alpha value is -4.27. The summed E-state index contributed by atoms with van der Waals surface area (Å²) in [6, 6.07) is 9.07. The van der Waals surface area contributed by atoms with Gasteiger partial charge in [-0.25, -0.2) is 4.79 Å². The van der Waals surface area contributed by atoms with E-state index >= 15 is 0 Å². The molecule has 36 heavy (non-hydrogen) atoms. The molecule has 9 heteroatoms. The van der Waals surface area contributed by atoms with Gasteiger partial charge in [-0.05, 0) is 49.2 Å². The number of aryl methyl sites for hydroxylation is 2. The van der Waals surface area contributed by atoms with Crippen LogP contribution >= 0.6 is 0 Å². The topological polar surface area (TPSA) is 124 Å². The molecule has 1 heterocycles. The molecule has 3 aromatic rings. The highest BCUT2D eigenvalue weighted by Gasteiger charge is 2.37. The minimum atomic E-state index is -0.863. The zero-order valence-corrected chi connectivity index (χ0v) is 20.6. The molecule has 3 aromatic carbocycles. The Morgan fingerprint density at radius 1 is 0.889 bits per heavy atom. The Bertz CT molecular complexity index is 1270. The van der Waals surface area contributed by atoms with Crippen LogP contribution in [0.15, 0.2) is 36.4 Å². The number of carbonyl (C=O) groups excluding carboxylic acids is 1. The van der Waals surface area contributed by atoms with Gasteiger partial charge in [-0.1, -0.05) is 0 Å². The van der Waals surface area contributed by atoms with E-state index in [1.165, 1.54) is 33.5 Å². The summed E-state index contributed by atoms with van der Waals surface area (Å²) in [7, 11) is 4.47. The van der Waals surface area contributed by atoms with Crippen LogP contribution in [0.5, 0.6) is 40.2 Å². The molecule has 4 rings (SSSR count). The Labute approximate surface area is 208 Å². The highest BCUT2D eigenvalue weighted by molar-refractivity contribution is 5.90. The van der Waals surface area contributed by atoms with Crippen LogP contribution in [0, 0.1) is 13.8 Å². The SMILES string of the molecule is COc1cc([C@H]2Oc3cc(O)cc(O)c3C[C@H]2OC(=O)c2cc(C)c(O)c(C)c2)cc(OC)c1OC. The van der Waals surface area contributed by atoms with Crippen molar-refractivity contribution in [3.63, 3.8) is 0 Å². The molecule has 1 aliphatic rings. The largest absolute Gasteiger partial charge is 0.508 e. The van der Waals surface area contributed by atoms with Crippen LogP contribution in [-0.4, -0.2) is 48.7 Å². The van der Waals surface area contributed by atoms with Gasteiger partial charge in [-0.15, -0.1) is 0 Å². The predicted octanol–water partition coefficient (Wildman–Crippen LogP) is 4.35. The second kappa shape index (κ2) is 9.77. The van der Waals surface area contributed by atoms with Crippen LogP contribution in [0.4, 0.5) is 0 Å². The maximum Gasteiger partial charge on any atom is 0.338 e. The Kier molecular flexibility index (Phi) is 6.74. The highest BCUT2D eigenvalue weighted by Crippen LogP contribution is 2.46. The molecule has 0 amide bonds. The minimum Gasteiger partial charge on any atom is -0.508 e. The fourth-order valence-electron chi connectivity index (χ4n) is 4.38. The average Bonchev–Trinajstić information content (AvgIpc) is 2.85. The van der Waals surface area contributed by atoms with E-state index < -0.39 is 18.2 Å². The van der Waals surface area contributed by atoms with Gasteiger partial charge in [0.05, 0.1) is 26.9 Å². The van der Waals surface area contributed by atoms with Crippen LogP contribution < -0.4 is 18.9 Å². The van der Waals surface area contributed by atoms with Gasteiger partial charge in [0.1, 0.15) is 29.1 Å². The monoisotopic (exact) mass is 496 g/mol. The van der Waals surface area contributed by atoms with Gasteiger partial charge in [0.15, 0.2) is 17.6 Å². The number of methoxy groups -OCH3 is 3. The van der Waals surface area contributed by atoms with Gasteiger partial charge < -0.3 is 39.0 Å². The summed E-state index contributed by atoms with van der Waals surface area (Å²) in [5.41, 5.74) is 2.32. The highest BCUT2D eigenvalue weighted by atomic mass is 16.6. The van der Waals surface area contributed by atoms with Crippen molar-refractivity contribution < 1.29 is 43.8 Å². The van der Waals surface area contributed by atoms with E-state index in [4.69, 9.17) is 23.7 Å². The maximum atomic E-state index is 13.2. The van der Waals surface area contributed by atoms with Gasteiger partial charge in [0.25, 0.3) is 0 Å². The van der Waals surface area contributed by atoms with Crippen LogP contribution in [0.2, 0.25) is 0 Å². The number of carbonyl (C=O) groups is 1. The summed E-state index contributed by atoms with van der Waals surface area (Å²) < 4.78 is 28.4. The third-order valence-corrected chi connectivity index (χ3v) is 6.17. The molecule has 0 radical (unpaired) electrons. The number of phenolic OH excluding ortho intramolecular Hbond substituents is 3. The van der Waals surface area contributed by atoms with Crippen molar-refractivity contribution >= 4 is 5.97 Å². The summed E-state index contributed by atoms with van der Waals surface area (Å²) in [4.78, 5) is 13.2. The second-order valence-electron chi connectivity index (χ2n) is 8.55. The Balaban J connectivity index is 1.78. The van der Waals surface area contributed by atoms with Crippen molar-refractivity contribution in [3.05, 3.63) is 64.2 Å². The van der Waals surface area contributed by atoms with Crippen molar-refractivity contribution in [1.82, 2.24) is 0 Å². The maximum absolute atomic E-state index is 13.2. The standard InChI is InChI=1S/C27H28O9/c1-13-6-16(7-14(2)24(13)30)27(31)36-23-12-18-19(29)10-17(28)11-20(18)35-25(23)15-8-21(32-3)26(34-5)22(9-15)33-4/h6-11,23,25,28-30H,12H2,1-5H3/t23-,25-/m1/s1. The number of esters is 1. The van der Waals surface area contributed by atoms with E-state index in [9.17, 15) is 20.1 Å². The van der Waals surface area contributed by atoms with E-state index in [-0.39, 0.29) is 35.0 Å². The third kappa shape index (κ3) is 4.51. The number of aromatic hydroxyl groups is 3. The molecule has 0 aromatic heterocycles. The number of ether oxygens (including phenoxy) is 5. The lowest BCUT2D eigenvalue weighted by Crippen LogP contribution is -2.35. The summed E-state index contributed by atoms with van der Waals surface area (Å²) in [5, 5.41) is 30.5. The van der Waals surface area contributed by atoms with Crippen molar-refractivity contribution in [2.24, 2.45) is 0 Å². The normalized spacial score (nSPS) is 16.5. The van der Waals surface area contributed by atoms with Gasteiger partial charge in [0.2, 0.25) is 5.75 Å². The molecule has 0 saturated heterocycles. The molecule has 0 saturated carbocycles. The second-order valence-corrected chi connectivity index (χ2v) is 8.55. The van der Waals surface area contributed by atoms with Crippen molar-refractivity contribution in [2.45, 2.75) is 32.5 Å². The van der Waals surface area contributed by atoms with Crippen LogP contribution in [0.1, 0.15) is 38.7 Å². The number of rotatable bonds is 6. The third-order valence-electron chi connectivity index (χ3n) is 6.17. The Morgan fingerprint density at radius 3 is 2.06 bits per heavy atom. The first-order valence-corrected chi connectivity index (χ1v) is 11.2. The summed E-state index contributed by atoms with van der Waals surface area (Å²) in [6.45, 7) is 3.39. The first-order valence-electron chi connectivity index (χ1n) is 11.2. The van der Waals surface area contributed by atoms with Crippen LogP contribution in [0.3, 0.4) is 0 Å². The molecule has 0 unspecified atom stereocenters. The molecule has 0 bridgehead atoms. The molecule has 0 spiro atoms. The van der Waals surface area contributed by atoms with E-state index in [1.54, 1.807) is 38.1 Å². The average molecular weight is 497 g/mol. The Morgan fingerprint density at radius 2 is 1.50 bits per heavy atom. The first-order chi connectivity index (χ1) is 17.2. The molecule has 0 fully saturated rings. The number of hydrogen-bond acceptors (Lipinski definition) is 9. The van der Waals surface area contributed by atoms with E-state index in [2.05, 4.69) is 0 Å². The fraction of sp³-hybridized carbons (Fsp3) is 0.296. The lowest BCUT2D eigenvalue weighted by molar-refractivity contribution is -0.0189. The molecule has 3 N–H and O–H groups in total. The van der Waals surface area contributed by atoms with Gasteiger partial charge in [-0.3, -0.25) is 0 Å². The first kappa shape index (κ1) is 24.8. The van der Waals surface area contributed by atoms with E-state index in [1.807, 2.05) is 0 Å². The van der Waals surface area contributed by atoms with Crippen molar-refractivity contribution in [3.8, 4) is 40.2 Å². The summed E-state index contributed by atoms with van der Waals surface area (Å²) >= 11 is 0. The number of phenols is 3. The van der Waals surface area contributed by atoms with Gasteiger partial charge >= 0.3 is 5.97 Å². The molecular formula is C27H28O9. The van der Waals surface area contributed by atoms with Gasteiger partial charge in [0, 0.05) is 29.7 Å². The predicted molar refractivity (Wildman–Crippen MR) is 130 cm³/mol. The summed E-state index contributed by atoms with van der Waals surface area (Å²) in [5.74, 6) is 0.569. The van der Waals surface area contributed by atoms with Crippen molar-refractivity contribution in [2.75, 3.05) is 21.3 Å². The number of benzene rings is 3. The molecule has 1 aliphatic heterocycles. The zero-order chi connectivity index (χ0) is 26.1. The van der Waals surface area contributed by atoms with Crippen LogP contribution in [0.25, 0.3) is 0 Å². The van der Waals surface area contributed by atoms with Gasteiger partial charge in [-0.2, -0.15) is 0 Å². The molecule has 190 valence electrons. The van der Waals surface area contributed by atoms with E-state index in [0.717, 1.165) is 0 Å². The van der Waals surface area contributed by atoms with Crippen LogP contribution in [-0.2, 0) is 11.2 Å². The zero-order valence-electron chi connectivity index (χ0n) is 20.6. The van der Waals surface area contributed by atoms with Crippen molar-refractivity contribution in [1.29, 1.82) is 0 Å². The number of fused-ring (bicyclic) bond motifs is 1. The lowest BCUT2D eigenvalue weighted by Gasteiger charge is -2.34. The minimum absolute atomic E-state index is 0.113. The van der Waals surface area contributed by atoms with E-state index in [0.29, 0.717) is 39.5 Å². The molecule has 9 nitrogen and oxygen atoms in total. The molecule has 2 atom stereocenters. The quantitative estimate of drug-likeness (QED) is 0.427. The number of hydrogen-bond donors (Lipinski definition) is 3.